The molecule has 21 heavy (non-hydrogen) atoms. The average molecular weight is 343 g/mol. The molecule has 0 spiro atoms. The van der Waals surface area contributed by atoms with Crippen LogP contribution in [0.1, 0.15) is 17.3 Å². The van der Waals surface area contributed by atoms with E-state index in [1.54, 1.807) is 6.20 Å². The molecule has 0 aliphatic rings. The molecule has 0 aliphatic carbocycles. The highest BCUT2D eigenvalue weighted by molar-refractivity contribution is 9.10. The van der Waals surface area contributed by atoms with Gasteiger partial charge in [-0.2, -0.15) is 0 Å². The summed E-state index contributed by atoms with van der Waals surface area (Å²) >= 11 is 3.56. The van der Waals surface area contributed by atoms with Crippen molar-refractivity contribution in [3.05, 3.63) is 64.4 Å². The fraction of sp³-hybridized carbons (Fsp3) is 0.125. The summed E-state index contributed by atoms with van der Waals surface area (Å²) in [6.07, 6.45) is 2.28. The molecule has 0 radical (unpaired) electrons. The number of nitrogens with two attached hydrogens (primary N) is 2. The van der Waals surface area contributed by atoms with E-state index in [4.69, 9.17) is 11.5 Å². The molecule has 0 amide bonds. The lowest BCUT2D eigenvalue weighted by atomic mass is 10.0. The SMILES string of the molecule is Nc1ncccc1CC(N)c1nc2ccccc2cc1Br. The third kappa shape index (κ3) is 2.89. The minimum atomic E-state index is -0.240. The largest absolute Gasteiger partial charge is 0.383 e. The van der Waals surface area contributed by atoms with E-state index < -0.39 is 0 Å². The molecule has 106 valence electrons. The zero-order valence-corrected chi connectivity index (χ0v) is 12.9. The van der Waals surface area contributed by atoms with Crippen LogP contribution in [-0.4, -0.2) is 9.97 Å². The number of benzene rings is 1. The lowest BCUT2D eigenvalue weighted by Crippen LogP contribution is -2.16. The van der Waals surface area contributed by atoms with Gasteiger partial charge in [0.2, 0.25) is 0 Å². The first kappa shape index (κ1) is 14.0. The molecule has 0 aliphatic heterocycles. The van der Waals surface area contributed by atoms with E-state index in [0.717, 1.165) is 26.6 Å². The minimum absolute atomic E-state index is 0.240. The molecule has 1 aromatic carbocycles. The third-order valence-electron chi connectivity index (χ3n) is 3.42. The van der Waals surface area contributed by atoms with Crippen molar-refractivity contribution in [1.29, 1.82) is 0 Å². The Balaban J connectivity index is 1.96. The summed E-state index contributed by atoms with van der Waals surface area (Å²) in [5.41, 5.74) is 14.9. The van der Waals surface area contributed by atoms with E-state index in [0.29, 0.717) is 12.2 Å². The molecule has 1 atom stereocenters. The van der Waals surface area contributed by atoms with Gasteiger partial charge in [0.15, 0.2) is 0 Å². The molecule has 2 heterocycles. The second-order valence-electron chi connectivity index (χ2n) is 4.91. The van der Waals surface area contributed by atoms with Crippen LogP contribution in [0.5, 0.6) is 0 Å². The average Bonchev–Trinajstić information content (AvgIpc) is 2.49. The number of nitrogens with zero attached hydrogens (tertiary/aromatic N) is 2. The van der Waals surface area contributed by atoms with E-state index in [2.05, 4.69) is 25.9 Å². The molecule has 4 nitrogen and oxygen atoms in total. The summed E-state index contributed by atoms with van der Waals surface area (Å²) in [7, 11) is 0. The van der Waals surface area contributed by atoms with E-state index in [1.807, 2.05) is 42.5 Å². The van der Waals surface area contributed by atoms with Crippen molar-refractivity contribution < 1.29 is 0 Å². The Morgan fingerprint density at radius 2 is 1.95 bits per heavy atom. The van der Waals surface area contributed by atoms with Crippen LogP contribution >= 0.6 is 15.9 Å². The molecule has 2 aromatic heterocycles. The van der Waals surface area contributed by atoms with Crippen LogP contribution < -0.4 is 11.5 Å². The van der Waals surface area contributed by atoms with Gasteiger partial charge in [-0.05, 0) is 46.1 Å². The van der Waals surface area contributed by atoms with Crippen LogP contribution in [0, 0.1) is 0 Å². The number of hydrogen-bond acceptors (Lipinski definition) is 4. The molecular formula is C16H15BrN4. The summed E-state index contributed by atoms with van der Waals surface area (Å²) in [5.74, 6) is 0.518. The highest BCUT2D eigenvalue weighted by Gasteiger charge is 2.15. The Morgan fingerprint density at radius 1 is 1.14 bits per heavy atom. The Morgan fingerprint density at radius 3 is 2.76 bits per heavy atom. The Labute approximate surface area is 131 Å². The molecule has 0 saturated carbocycles. The lowest BCUT2D eigenvalue weighted by molar-refractivity contribution is 0.696. The maximum Gasteiger partial charge on any atom is 0.126 e. The minimum Gasteiger partial charge on any atom is -0.383 e. The van der Waals surface area contributed by atoms with Gasteiger partial charge < -0.3 is 11.5 Å². The van der Waals surface area contributed by atoms with Gasteiger partial charge in [-0.25, -0.2) is 9.97 Å². The van der Waals surface area contributed by atoms with Crippen LogP contribution in [0.2, 0.25) is 0 Å². The lowest BCUT2D eigenvalue weighted by Gasteiger charge is -2.15. The van der Waals surface area contributed by atoms with Gasteiger partial charge in [-0.15, -0.1) is 0 Å². The van der Waals surface area contributed by atoms with Crippen LogP contribution in [-0.2, 0) is 6.42 Å². The quantitative estimate of drug-likeness (QED) is 0.765. The van der Waals surface area contributed by atoms with Crippen molar-refractivity contribution in [3.63, 3.8) is 0 Å². The highest BCUT2D eigenvalue weighted by Crippen LogP contribution is 2.27. The van der Waals surface area contributed by atoms with Crippen molar-refractivity contribution in [3.8, 4) is 0 Å². The molecule has 4 N–H and O–H groups in total. The second-order valence-corrected chi connectivity index (χ2v) is 5.76. The van der Waals surface area contributed by atoms with Crippen LogP contribution in [0.15, 0.2) is 53.1 Å². The number of para-hydroxylation sites is 1. The fourth-order valence-corrected chi connectivity index (χ4v) is 2.95. The zero-order chi connectivity index (χ0) is 14.8. The summed E-state index contributed by atoms with van der Waals surface area (Å²) in [6, 6.07) is 13.6. The van der Waals surface area contributed by atoms with Gasteiger partial charge >= 0.3 is 0 Å². The maximum absolute atomic E-state index is 6.31. The van der Waals surface area contributed by atoms with Gasteiger partial charge in [-0.1, -0.05) is 24.3 Å². The van der Waals surface area contributed by atoms with Crippen molar-refractivity contribution >= 4 is 32.7 Å². The van der Waals surface area contributed by atoms with E-state index in [-0.39, 0.29) is 6.04 Å². The Bertz CT molecular complexity index is 788. The molecule has 5 heteroatoms. The summed E-state index contributed by atoms with van der Waals surface area (Å²) in [6.45, 7) is 0. The smallest absolute Gasteiger partial charge is 0.126 e. The fourth-order valence-electron chi connectivity index (χ4n) is 2.32. The molecule has 1 unspecified atom stereocenters. The first-order valence-electron chi connectivity index (χ1n) is 6.65. The zero-order valence-electron chi connectivity index (χ0n) is 11.3. The number of pyridine rings is 2. The van der Waals surface area contributed by atoms with Gasteiger partial charge in [0.05, 0.1) is 17.3 Å². The first-order valence-corrected chi connectivity index (χ1v) is 7.44. The number of nitrogen functional groups attached to an aromatic ring is 1. The van der Waals surface area contributed by atoms with Crippen molar-refractivity contribution in [1.82, 2.24) is 9.97 Å². The maximum atomic E-state index is 6.31. The molecule has 0 fully saturated rings. The number of fused-ring (bicyclic) bond motifs is 1. The standard InChI is InChI=1S/C16H15BrN4/c17-12-8-10-4-1-2-6-14(10)21-15(12)13(18)9-11-5-3-7-20-16(11)19/h1-8,13H,9,18H2,(H2,19,20). The summed E-state index contributed by atoms with van der Waals surface area (Å²) < 4.78 is 0.913. The van der Waals surface area contributed by atoms with Crippen LogP contribution in [0.4, 0.5) is 5.82 Å². The summed E-state index contributed by atoms with van der Waals surface area (Å²) in [4.78, 5) is 8.76. The van der Waals surface area contributed by atoms with Crippen molar-refractivity contribution in [2.75, 3.05) is 5.73 Å². The Hall–Kier alpha value is -1.98. The van der Waals surface area contributed by atoms with Crippen LogP contribution in [0.3, 0.4) is 0 Å². The van der Waals surface area contributed by atoms with E-state index in [9.17, 15) is 0 Å². The predicted octanol–water partition coefficient (Wildman–Crippen LogP) is 3.22. The Kier molecular flexibility index (Phi) is 3.86. The summed E-state index contributed by atoms with van der Waals surface area (Å²) in [5, 5.41) is 1.08. The highest BCUT2D eigenvalue weighted by atomic mass is 79.9. The van der Waals surface area contributed by atoms with Gasteiger partial charge in [-0.3, -0.25) is 0 Å². The normalized spacial score (nSPS) is 12.5. The van der Waals surface area contributed by atoms with Crippen molar-refractivity contribution in [2.45, 2.75) is 12.5 Å². The second kappa shape index (κ2) is 5.79. The first-order chi connectivity index (χ1) is 10.1. The molecule has 0 saturated heterocycles. The van der Waals surface area contributed by atoms with E-state index >= 15 is 0 Å². The number of hydrogen-bond donors (Lipinski definition) is 2. The van der Waals surface area contributed by atoms with Gasteiger partial charge in [0, 0.05) is 16.1 Å². The van der Waals surface area contributed by atoms with Gasteiger partial charge in [0.25, 0.3) is 0 Å². The van der Waals surface area contributed by atoms with Gasteiger partial charge in [0.1, 0.15) is 5.82 Å². The molecule has 3 aromatic rings. The molecular weight excluding hydrogens is 328 g/mol. The molecule has 0 bridgehead atoms. The third-order valence-corrected chi connectivity index (χ3v) is 4.06. The number of aromatic nitrogens is 2. The monoisotopic (exact) mass is 342 g/mol. The van der Waals surface area contributed by atoms with Crippen molar-refractivity contribution in [2.24, 2.45) is 5.73 Å². The molecule has 3 rings (SSSR count). The number of anilines is 1. The number of halogens is 1. The number of rotatable bonds is 3. The topological polar surface area (TPSA) is 77.8 Å². The predicted molar refractivity (Wildman–Crippen MR) is 88.7 cm³/mol. The van der Waals surface area contributed by atoms with E-state index in [1.165, 1.54) is 0 Å². The van der Waals surface area contributed by atoms with Crippen LogP contribution in [0.25, 0.3) is 10.9 Å².